The summed E-state index contributed by atoms with van der Waals surface area (Å²) in [6, 6.07) is 15.4. The first kappa shape index (κ1) is 15.8. The van der Waals surface area contributed by atoms with Gasteiger partial charge in [0.05, 0.1) is 10.4 Å². The topological polar surface area (TPSA) is 90.1 Å². The molecular formula is C19H16N2O3S. The van der Waals surface area contributed by atoms with E-state index in [0.29, 0.717) is 22.9 Å². The van der Waals surface area contributed by atoms with E-state index in [2.05, 4.69) is 4.98 Å². The molecule has 0 aliphatic heterocycles. The number of aromatic nitrogens is 1. The highest BCUT2D eigenvalue weighted by molar-refractivity contribution is 7.93. The van der Waals surface area contributed by atoms with Gasteiger partial charge >= 0.3 is 0 Å². The van der Waals surface area contributed by atoms with Gasteiger partial charge in [-0.3, -0.25) is 9.78 Å². The summed E-state index contributed by atoms with van der Waals surface area (Å²) in [6.45, 7) is 0. The molecule has 0 radical (unpaired) electrons. The predicted octanol–water partition coefficient (Wildman–Crippen LogP) is 2.34. The van der Waals surface area contributed by atoms with Gasteiger partial charge < -0.3 is 5.73 Å². The number of hydrogen-bond donors (Lipinski definition) is 1. The number of amides is 1. The summed E-state index contributed by atoms with van der Waals surface area (Å²) >= 11 is 0. The minimum Gasteiger partial charge on any atom is -0.368 e. The third-order valence-electron chi connectivity index (χ3n) is 4.95. The van der Waals surface area contributed by atoms with Crippen LogP contribution in [0.1, 0.15) is 17.5 Å². The van der Waals surface area contributed by atoms with E-state index in [4.69, 9.17) is 5.73 Å². The lowest BCUT2D eigenvalue weighted by Gasteiger charge is -2.27. The van der Waals surface area contributed by atoms with Crippen molar-refractivity contribution in [3.8, 4) is 0 Å². The molecule has 25 heavy (non-hydrogen) atoms. The third-order valence-corrected chi connectivity index (χ3v) is 7.43. The molecule has 1 aliphatic carbocycles. The quantitative estimate of drug-likeness (QED) is 0.783. The van der Waals surface area contributed by atoms with Gasteiger partial charge in [-0.2, -0.15) is 0 Å². The van der Waals surface area contributed by atoms with Crippen LogP contribution in [0.5, 0.6) is 0 Å². The van der Waals surface area contributed by atoms with Gasteiger partial charge in [0.15, 0.2) is 14.6 Å². The van der Waals surface area contributed by atoms with Crippen molar-refractivity contribution < 1.29 is 13.2 Å². The van der Waals surface area contributed by atoms with Gasteiger partial charge in [-0.15, -0.1) is 0 Å². The monoisotopic (exact) mass is 352 g/mol. The Kier molecular flexibility index (Phi) is 3.40. The molecule has 5 nitrogen and oxygen atoms in total. The second-order valence-electron chi connectivity index (χ2n) is 6.18. The first-order valence-corrected chi connectivity index (χ1v) is 9.43. The van der Waals surface area contributed by atoms with Crippen molar-refractivity contribution in [2.75, 3.05) is 0 Å². The number of sulfone groups is 1. The Morgan fingerprint density at radius 3 is 2.64 bits per heavy atom. The summed E-state index contributed by atoms with van der Waals surface area (Å²) in [6.07, 6.45) is 2.26. The van der Waals surface area contributed by atoms with E-state index in [0.717, 1.165) is 5.56 Å². The number of primary amides is 1. The van der Waals surface area contributed by atoms with Gasteiger partial charge in [-0.25, -0.2) is 8.42 Å². The maximum atomic E-state index is 13.6. The number of fused-ring (bicyclic) bond motifs is 2. The molecule has 6 heteroatoms. The smallest absolute Gasteiger partial charge is 0.243 e. The lowest BCUT2D eigenvalue weighted by atomic mass is 10.00. The highest BCUT2D eigenvalue weighted by atomic mass is 32.2. The van der Waals surface area contributed by atoms with Crippen molar-refractivity contribution in [2.45, 2.75) is 22.5 Å². The van der Waals surface area contributed by atoms with Crippen LogP contribution in [0, 0.1) is 0 Å². The predicted molar refractivity (Wildman–Crippen MR) is 94.6 cm³/mol. The van der Waals surface area contributed by atoms with E-state index in [1.807, 2.05) is 12.1 Å². The molecule has 1 unspecified atom stereocenters. The van der Waals surface area contributed by atoms with E-state index in [1.54, 1.807) is 42.6 Å². The zero-order valence-corrected chi connectivity index (χ0v) is 14.2. The molecule has 1 heterocycles. The van der Waals surface area contributed by atoms with Crippen LogP contribution in [-0.4, -0.2) is 19.3 Å². The highest BCUT2D eigenvalue weighted by Crippen LogP contribution is 2.46. The van der Waals surface area contributed by atoms with Crippen molar-refractivity contribution in [1.82, 2.24) is 4.98 Å². The molecule has 0 spiro atoms. The largest absolute Gasteiger partial charge is 0.368 e. The first-order chi connectivity index (χ1) is 12.0. The van der Waals surface area contributed by atoms with Crippen LogP contribution >= 0.6 is 0 Å². The number of nitrogens with zero attached hydrogens (tertiary/aromatic N) is 1. The van der Waals surface area contributed by atoms with Crippen LogP contribution in [0.2, 0.25) is 0 Å². The van der Waals surface area contributed by atoms with Crippen molar-refractivity contribution >= 4 is 26.6 Å². The molecule has 1 amide bonds. The molecule has 126 valence electrons. The number of aryl methyl sites for hydroxylation is 1. The Labute approximate surface area is 145 Å². The molecule has 0 saturated carbocycles. The van der Waals surface area contributed by atoms with Gasteiger partial charge in [0, 0.05) is 11.6 Å². The van der Waals surface area contributed by atoms with Crippen LogP contribution in [0.3, 0.4) is 0 Å². The molecular weight excluding hydrogens is 336 g/mol. The zero-order chi connectivity index (χ0) is 17.7. The number of benzene rings is 2. The second kappa shape index (κ2) is 5.39. The Bertz CT molecular complexity index is 1100. The Morgan fingerprint density at radius 1 is 1.04 bits per heavy atom. The molecule has 2 N–H and O–H groups in total. The van der Waals surface area contributed by atoms with Crippen molar-refractivity contribution in [3.63, 3.8) is 0 Å². The van der Waals surface area contributed by atoms with E-state index in [-0.39, 0.29) is 11.3 Å². The van der Waals surface area contributed by atoms with Crippen molar-refractivity contribution in [1.29, 1.82) is 0 Å². The summed E-state index contributed by atoms with van der Waals surface area (Å²) < 4.78 is 25.5. The summed E-state index contributed by atoms with van der Waals surface area (Å²) in [5, 5.41) is 0.495. The molecule has 0 fully saturated rings. The lowest BCUT2D eigenvalue weighted by Crippen LogP contribution is -2.46. The summed E-state index contributed by atoms with van der Waals surface area (Å²) in [4.78, 5) is 16.8. The van der Waals surface area contributed by atoms with Gasteiger partial charge in [0.2, 0.25) is 5.91 Å². The Hall–Kier alpha value is -2.73. The number of carbonyl (C=O) groups excluding carboxylic acids is 1. The average molecular weight is 352 g/mol. The van der Waals surface area contributed by atoms with Crippen LogP contribution < -0.4 is 5.73 Å². The average Bonchev–Trinajstić information content (AvgIpc) is 3.02. The first-order valence-electron chi connectivity index (χ1n) is 7.95. The molecule has 1 aliphatic rings. The summed E-state index contributed by atoms with van der Waals surface area (Å²) in [5.74, 6) is -0.835. The molecule has 3 aromatic rings. The lowest BCUT2D eigenvalue weighted by molar-refractivity contribution is -0.120. The van der Waals surface area contributed by atoms with Crippen molar-refractivity contribution in [3.05, 3.63) is 71.9 Å². The molecule has 1 atom stereocenters. The minimum atomic E-state index is -4.05. The van der Waals surface area contributed by atoms with Crippen LogP contribution in [0.25, 0.3) is 10.9 Å². The van der Waals surface area contributed by atoms with E-state index >= 15 is 0 Å². The maximum absolute atomic E-state index is 13.6. The summed E-state index contributed by atoms with van der Waals surface area (Å²) in [7, 11) is -4.05. The van der Waals surface area contributed by atoms with E-state index in [1.165, 1.54) is 6.07 Å². The second-order valence-corrected chi connectivity index (χ2v) is 8.32. The number of pyridine rings is 1. The fourth-order valence-electron chi connectivity index (χ4n) is 3.74. The standard InChI is InChI=1S/C19H16N2O3S/c20-18(22)19(11-10-13-5-1-2-7-15(13)19)25(23,24)17-9-3-8-16-14(17)6-4-12-21-16/h1-9,12H,10-11H2,(H2,20,22). The molecule has 1 aromatic heterocycles. The number of carbonyl (C=O) groups is 1. The van der Waals surface area contributed by atoms with Crippen LogP contribution in [0.4, 0.5) is 0 Å². The van der Waals surface area contributed by atoms with Crippen LogP contribution in [0.15, 0.2) is 65.7 Å². The number of hydrogen-bond acceptors (Lipinski definition) is 4. The fourth-order valence-corrected chi connectivity index (χ4v) is 5.96. The van der Waals surface area contributed by atoms with Gasteiger partial charge in [0.25, 0.3) is 0 Å². The fraction of sp³-hybridized carbons (Fsp3) is 0.158. The number of nitrogens with two attached hydrogens (primary N) is 1. The Morgan fingerprint density at radius 2 is 1.84 bits per heavy atom. The van der Waals surface area contributed by atoms with Gasteiger partial charge in [-0.05, 0) is 48.2 Å². The van der Waals surface area contributed by atoms with Gasteiger partial charge in [0.1, 0.15) is 0 Å². The summed E-state index contributed by atoms with van der Waals surface area (Å²) in [5.41, 5.74) is 7.59. The minimum absolute atomic E-state index is 0.0913. The molecule has 0 bridgehead atoms. The normalized spacial score (nSPS) is 19.7. The van der Waals surface area contributed by atoms with Crippen LogP contribution in [-0.2, 0) is 25.8 Å². The molecule has 0 saturated heterocycles. The van der Waals surface area contributed by atoms with E-state index < -0.39 is 20.5 Å². The highest BCUT2D eigenvalue weighted by Gasteiger charge is 2.55. The van der Waals surface area contributed by atoms with Crippen molar-refractivity contribution in [2.24, 2.45) is 5.73 Å². The Balaban J connectivity index is 2.05. The number of rotatable bonds is 3. The third kappa shape index (κ3) is 2.04. The zero-order valence-electron chi connectivity index (χ0n) is 13.3. The van der Waals surface area contributed by atoms with E-state index in [9.17, 15) is 13.2 Å². The SMILES string of the molecule is NC(=O)C1(S(=O)(=O)c2cccc3ncccc23)CCc2ccccc21. The maximum Gasteiger partial charge on any atom is 0.243 e. The van der Waals surface area contributed by atoms with Gasteiger partial charge in [-0.1, -0.05) is 30.3 Å². The molecule has 2 aromatic carbocycles. The molecule has 4 rings (SSSR count).